The van der Waals surface area contributed by atoms with Gasteiger partial charge in [-0.1, -0.05) is 36.8 Å². The number of halogens is 1. The van der Waals surface area contributed by atoms with Crippen molar-refractivity contribution in [3.8, 4) is 23.1 Å². The van der Waals surface area contributed by atoms with E-state index in [9.17, 15) is 5.11 Å². The number of aromatic nitrogens is 4. The van der Waals surface area contributed by atoms with Gasteiger partial charge in [0, 0.05) is 35.5 Å². The standard InChI is InChI=1S/C20H22ClN5O/c1-4-5-8-26-12-15(17-16(21)11-24-19(22)25-17)14-9-13(10-23-18(14)26)6-7-20(2,3)27/h9-12,27H,4-5,8H2,1-3H3,(H2,22,24,25). The Bertz CT molecular complexity index is 1040. The van der Waals surface area contributed by atoms with Crippen molar-refractivity contribution in [2.75, 3.05) is 5.73 Å². The molecule has 0 spiro atoms. The number of aryl methyl sites for hydroxylation is 1. The van der Waals surface area contributed by atoms with Gasteiger partial charge in [0.05, 0.1) is 16.9 Å². The monoisotopic (exact) mass is 383 g/mol. The van der Waals surface area contributed by atoms with Crippen LogP contribution >= 0.6 is 11.6 Å². The molecule has 3 aromatic rings. The van der Waals surface area contributed by atoms with Gasteiger partial charge in [-0.05, 0) is 26.3 Å². The Kier molecular flexibility index (Phi) is 5.36. The molecule has 140 valence electrons. The van der Waals surface area contributed by atoms with Gasteiger partial charge < -0.3 is 15.4 Å². The molecule has 3 aromatic heterocycles. The fourth-order valence-corrected chi connectivity index (χ4v) is 2.91. The van der Waals surface area contributed by atoms with Crippen molar-refractivity contribution in [2.24, 2.45) is 0 Å². The maximum Gasteiger partial charge on any atom is 0.220 e. The third kappa shape index (κ3) is 4.38. The van der Waals surface area contributed by atoms with Crippen molar-refractivity contribution in [3.05, 3.63) is 35.2 Å². The van der Waals surface area contributed by atoms with Gasteiger partial charge in [0.1, 0.15) is 11.2 Å². The summed E-state index contributed by atoms with van der Waals surface area (Å²) in [5.74, 6) is 5.94. The van der Waals surface area contributed by atoms with Crippen molar-refractivity contribution in [1.29, 1.82) is 0 Å². The summed E-state index contributed by atoms with van der Waals surface area (Å²) in [6, 6.07) is 1.94. The topological polar surface area (TPSA) is 89.9 Å². The molecule has 0 aliphatic heterocycles. The molecule has 6 nitrogen and oxygen atoms in total. The van der Waals surface area contributed by atoms with Gasteiger partial charge in [0.25, 0.3) is 0 Å². The van der Waals surface area contributed by atoms with E-state index in [0.29, 0.717) is 16.3 Å². The maximum atomic E-state index is 9.85. The Labute approximate surface area is 163 Å². The third-order valence-corrected chi connectivity index (χ3v) is 4.27. The second-order valence-corrected chi connectivity index (χ2v) is 7.33. The molecular formula is C20H22ClN5O. The fraction of sp³-hybridized carbons (Fsp3) is 0.350. The maximum absolute atomic E-state index is 9.85. The lowest BCUT2D eigenvalue weighted by Crippen LogP contribution is -2.14. The van der Waals surface area contributed by atoms with Crippen LogP contribution in [-0.4, -0.2) is 30.2 Å². The first-order chi connectivity index (χ1) is 12.8. The minimum atomic E-state index is -1.07. The number of nitrogens with zero attached hydrogens (tertiary/aromatic N) is 4. The summed E-state index contributed by atoms with van der Waals surface area (Å²) < 4.78 is 2.09. The Morgan fingerprint density at radius 1 is 1.30 bits per heavy atom. The number of rotatable bonds is 4. The first kappa shape index (κ1) is 19.2. The van der Waals surface area contributed by atoms with E-state index in [-0.39, 0.29) is 5.95 Å². The van der Waals surface area contributed by atoms with Gasteiger partial charge in [-0.3, -0.25) is 0 Å². The lowest BCUT2D eigenvalue weighted by atomic mass is 10.1. The molecule has 27 heavy (non-hydrogen) atoms. The van der Waals surface area contributed by atoms with E-state index >= 15 is 0 Å². The zero-order chi connectivity index (χ0) is 19.6. The normalized spacial score (nSPS) is 11.4. The summed E-state index contributed by atoms with van der Waals surface area (Å²) in [4.78, 5) is 12.9. The summed E-state index contributed by atoms with van der Waals surface area (Å²) in [7, 11) is 0. The number of aliphatic hydroxyl groups is 1. The second kappa shape index (κ2) is 7.55. The molecule has 3 rings (SSSR count). The van der Waals surface area contributed by atoms with Crippen LogP contribution in [0.3, 0.4) is 0 Å². The smallest absolute Gasteiger partial charge is 0.220 e. The zero-order valence-corrected chi connectivity index (χ0v) is 16.4. The molecule has 3 N–H and O–H groups in total. The summed E-state index contributed by atoms with van der Waals surface area (Å²) in [6.07, 6.45) is 7.31. The molecule has 0 aliphatic carbocycles. The highest BCUT2D eigenvalue weighted by Gasteiger charge is 2.16. The number of unbranched alkanes of at least 4 members (excludes halogenated alkanes) is 1. The third-order valence-electron chi connectivity index (χ3n) is 4.00. The Hall–Kier alpha value is -2.62. The zero-order valence-electron chi connectivity index (χ0n) is 15.6. The second-order valence-electron chi connectivity index (χ2n) is 6.92. The highest BCUT2D eigenvalue weighted by Crippen LogP contribution is 2.33. The average molecular weight is 384 g/mol. The van der Waals surface area contributed by atoms with E-state index in [4.69, 9.17) is 17.3 Å². The highest BCUT2D eigenvalue weighted by atomic mass is 35.5. The molecule has 0 radical (unpaired) electrons. The van der Waals surface area contributed by atoms with Crippen LogP contribution in [0, 0.1) is 11.8 Å². The van der Waals surface area contributed by atoms with Gasteiger partial charge in [0.15, 0.2) is 0 Å². The fourth-order valence-electron chi connectivity index (χ4n) is 2.72. The van der Waals surface area contributed by atoms with Crippen molar-refractivity contribution in [1.82, 2.24) is 19.5 Å². The van der Waals surface area contributed by atoms with E-state index in [1.165, 1.54) is 6.20 Å². The summed E-state index contributed by atoms with van der Waals surface area (Å²) in [6.45, 7) is 6.27. The molecule has 0 amide bonds. The number of hydrogen-bond donors (Lipinski definition) is 2. The van der Waals surface area contributed by atoms with E-state index in [1.807, 2.05) is 12.3 Å². The number of pyridine rings is 1. The highest BCUT2D eigenvalue weighted by molar-refractivity contribution is 6.33. The lowest BCUT2D eigenvalue weighted by Gasteiger charge is -2.06. The SMILES string of the molecule is CCCCn1cc(-c2nc(N)ncc2Cl)c2cc(C#CC(C)(C)O)cnc21. The van der Waals surface area contributed by atoms with Crippen molar-refractivity contribution in [2.45, 2.75) is 45.8 Å². The predicted octanol–water partition coefficient (Wildman–Crippen LogP) is 3.65. The van der Waals surface area contributed by atoms with E-state index in [1.54, 1.807) is 20.0 Å². The van der Waals surface area contributed by atoms with E-state index in [2.05, 4.69) is 38.3 Å². The van der Waals surface area contributed by atoms with Crippen molar-refractivity contribution >= 4 is 28.6 Å². The minimum Gasteiger partial charge on any atom is -0.378 e. The molecule has 0 fully saturated rings. The van der Waals surface area contributed by atoms with Crippen LogP contribution in [0.15, 0.2) is 24.7 Å². The van der Waals surface area contributed by atoms with E-state index in [0.717, 1.165) is 36.0 Å². The molecule has 0 saturated heterocycles. The lowest BCUT2D eigenvalue weighted by molar-refractivity contribution is 0.143. The predicted molar refractivity (Wildman–Crippen MR) is 108 cm³/mol. The minimum absolute atomic E-state index is 0.162. The van der Waals surface area contributed by atoms with Gasteiger partial charge in [-0.25, -0.2) is 15.0 Å². The van der Waals surface area contributed by atoms with Gasteiger partial charge in [-0.2, -0.15) is 0 Å². The Balaban J connectivity index is 2.20. The van der Waals surface area contributed by atoms with Gasteiger partial charge in [0.2, 0.25) is 5.95 Å². The largest absolute Gasteiger partial charge is 0.378 e. The molecule has 0 bridgehead atoms. The number of nitrogen functional groups attached to an aromatic ring is 1. The van der Waals surface area contributed by atoms with Crippen LogP contribution in [0.1, 0.15) is 39.2 Å². The van der Waals surface area contributed by atoms with Crippen LogP contribution in [0.4, 0.5) is 5.95 Å². The molecule has 0 atom stereocenters. The number of anilines is 1. The van der Waals surface area contributed by atoms with Crippen molar-refractivity contribution < 1.29 is 5.11 Å². The first-order valence-electron chi connectivity index (χ1n) is 8.81. The molecular weight excluding hydrogens is 362 g/mol. The quantitative estimate of drug-likeness (QED) is 0.671. The number of hydrogen-bond acceptors (Lipinski definition) is 5. The molecule has 0 unspecified atom stereocenters. The van der Waals surface area contributed by atoms with E-state index < -0.39 is 5.60 Å². The van der Waals surface area contributed by atoms with Gasteiger partial charge in [-0.15, -0.1) is 0 Å². The van der Waals surface area contributed by atoms with Crippen LogP contribution in [0.5, 0.6) is 0 Å². The summed E-state index contributed by atoms with van der Waals surface area (Å²) in [5, 5.41) is 11.2. The molecule has 0 saturated carbocycles. The van der Waals surface area contributed by atoms with Crippen molar-refractivity contribution in [3.63, 3.8) is 0 Å². The summed E-state index contributed by atoms with van der Waals surface area (Å²) in [5.41, 5.74) is 7.63. The van der Waals surface area contributed by atoms with Crippen LogP contribution in [0.2, 0.25) is 5.02 Å². The summed E-state index contributed by atoms with van der Waals surface area (Å²) >= 11 is 6.33. The Morgan fingerprint density at radius 3 is 2.78 bits per heavy atom. The molecule has 0 aliphatic rings. The Morgan fingerprint density at radius 2 is 2.07 bits per heavy atom. The van der Waals surface area contributed by atoms with Crippen LogP contribution in [-0.2, 0) is 6.54 Å². The van der Waals surface area contributed by atoms with Crippen LogP contribution in [0.25, 0.3) is 22.3 Å². The average Bonchev–Trinajstić information content (AvgIpc) is 2.97. The first-order valence-corrected chi connectivity index (χ1v) is 9.19. The number of fused-ring (bicyclic) bond motifs is 1. The molecule has 0 aromatic carbocycles. The number of nitrogens with two attached hydrogens (primary N) is 1. The molecule has 7 heteroatoms. The van der Waals surface area contributed by atoms with Crippen LogP contribution < -0.4 is 5.73 Å². The van der Waals surface area contributed by atoms with Gasteiger partial charge >= 0.3 is 0 Å². The molecule has 3 heterocycles.